The van der Waals surface area contributed by atoms with E-state index in [1.54, 1.807) is 6.20 Å². The highest BCUT2D eigenvalue weighted by atomic mass is 32.1. The third kappa shape index (κ3) is 4.14. The van der Waals surface area contributed by atoms with Gasteiger partial charge < -0.3 is 5.32 Å². The molecule has 0 aliphatic carbocycles. The van der Waals surface area contributed by atoms with Crippen molar-refractivity contribution in [3.8, 4) is 17.3 Å². The van der Waals surface area contributed by atoms with Crippen LogP contribution in [0.4, 0.5) is 5.69 Å². The van der Waals surface area contributed by atoms with E-state index >= 15 is 0 Å². The Morgan fingerprint density at radius 2 is 1.84 bits per heavy atom. The highest BCUT2D eigenvalue weighted by Gasteiger charge is 2.08. The molecule has 0 amide bonds. The first-order valence-electron chi connectivity index (χ1n) is 8.15. The summed E-state index contributed by atoms with van der Waals surface area (Å²) < 4.78 is 0. The smallest absolute Gasteiger partial charge is 0.136 e. The lowest BCUT2D eigenvalue weighted by atomic mass is 10.0. The number of hydrogen-bond donors (Lipinski definition) is 1. The van der Waals surface area contributed by atoms with Gasteiger partial charge in [0.1, 0.15) is 16.6 Å². The number of benzene rings is 2. The van der Waals surface area contributed by atoms with Gasteiger partial charge in [-0.2, -0.15) is 5.26 Å². The molecule has 3 aromatic rings. The van der Waals surface area contributed by atoms with Crippen LogP contribution < -0.4 is 5.32 Å². The van der Waals surface area contributed by atoms with Gasteiger partial charge in [0, 0.05) is 22.8 Å². The lowest BCUT2D eigenvalue weighted by molar-refractivity contribution is 0.867. The number of nitriles is 1. The highest BCUT2D eigenvalue weighted by Crippen LogP contribution is 2.26. The summed E-state index contributed by atoms with van der Waals surface area (Å²) in [5.41, 5.74) is 4.72. The molecule has 124 valence electrons. The molecule has 0 radical (unpaired) electrons. The minimum absolute atomic E-state index is 0.506. The minimum atomic E-state index is 0.506. The van der Waals surface area contributed by atoms with Gasteiger partial charge in [-0.1, -0.05) is 56.3 Å². The Labute approximate surface area is 152 Å². The summed E-state index contributed by atoms with van der Waals surface area (Å²) in [5.74, 6) is 0.506. The van der Waals surface area contributed by atoms with Crippen molar-refractivity contribution in [3.05, 3.63) is 76.7 Å². The molecule has 0 aliphatic heterocycles. The van der Waals surface area contributed by atoms with Crippen LogP contribution in [-0.4, -0.2) is 4.98 Å². The van der Waals surface area contributed by atoms with Crippen molar-refractivity contribution in [1.29, 1.82) is 5.26 Å². The third-order valence-corrected chi connectivity index (χ3v) is 4.76. The first-order chi connectivity index (χ1) is 12.2. The van der Waals surface area contributed by atoms with Crippen LogP contribution in [0.25, 0.3) is 16.8 Å². The molecule has 3 nitrogen and oxygen atoms in total. The molecule has 0 aliphatic rings. The van der Waals surface area contributed by atoms with Gasteiger partial charge in [-0.05, 0) is 23.6 Å². The van der Waals surface area contributed by atoms with Gasteiger partial charge in [0.15, 0.2) is 0 Å². The minimum Gasteiger partial charge on any atom is -0.360 e. The van der Waals surface area contributed by atoms with E-state index in [0.717, 1.165) is 16.9 Å². The quantitative estimate of drug-likeness (QED) is 0.585. The fourth-order valence-electron chi connectivity index (χ4n) is 2.40. The Morgan fingerprint density at radius 1 is 1.12 bits per heavy atom. The van der Waals surface area contributed by atoms with Gasteiger partial charge in [0.25, 0.3) is 0 Å². The molecule has 0 fully saturated rings. The highest BCUT2D eigenvalue weighted by molar-refractivity contribution is 7.11. The molecule has 0 spiro atoms. The standard InChI is InChI=1S/C21H19N3S/c1-15(2)16-8-10-19(11-9-16)23-13-18(12-22)21-24-20(14-25-21)17-6-4-3-5-7-17/h3-11,13-15,23H,1-2H3/b18-13+. The van der Waals surface area contributed by atoms with Crippen LogP contribution in [0.3, 0.4) is 0 Å². The van der Waals surface area contributed by atoms with Crippen LogP contribution in [0.1, 0.15) is 30.3 Å². The predicted molar refractivity (Wildman–Crippen MR) is 105 cm³/mol. The zero-order valence-corrected chi connectivity index (χ0v) is 15.0. The Kier molecular flexibility index (Phi) is 5.27. The monoisotopic (exact) mass is 345 g/mol. The normalized spacial score (nSPS) is 11.4. The van der Waals surface area contributed by atoms with Gasteiger partial charge in [-0.3, -0.25) is 0 Å². The summed E-state index contributed by atoms with van der Waals surface area (Å²) in [4.78, 5) is 4.59. The summed E-state index contributed by atoms with van der Waals surface area (Å²) in [6, 6.07) is 20.5. The zero-order valence-electron chi connectivity index (χ0n) is 14.2. The molecular formula is C21H19N3S. The number of aromatic nitrogens is 1. The van der Waals surface area contributed by atoms with E-state index in [-0.39, 0.29) is 0 Å². The molecule has 1 N–H and O–H groups in total. The number of allylic oxidation sites excluding steroid dienone is 1. The Balaban J connectivity index is 1.77. The maximum Gasteiger partial charge on any atom is 0.136 e. The maximum atomic E-state index is 9.46. The average Bonchev–Trinajstić information content (AvgIpc) is 3.13. The van der Waals surface area contributed by atoms with Crippen molar-refractivity contribution >= 4 is 22.6 Å². The Morgan fingerprint density at radius 3 is 2.48 bits per heavy atom. The molecule has 3 rings (SSSR count). The van der Waals surface area contributed by atoms with Crippen molar-refractivity contribution < 1.29 is 0 Å². The van der Waals surface area contributed by atoms with Crippen LogP contribution in [0.15, 0.2) is 66.2 Å². The van der Waals surface area contributed by atoms with E-state index in [0.29, 0.717) is 16.5 Å². The fraction of sp³-hybridized carbons (Fsp3) is 0.143. The first kappa shape index (κ1) is 16.9. The molecule has 1 heterocycles. The lowest BCUT2D eigenvalue weighted by Gasteiger charge is -2.06. The summed E-state index contributed by atoms with van der Waals surface area (Å²) >= 11 is 1.48. The number of thiazole rings is 1. The molecule has 0 atom stereocenters. The van der Waals surface area contributed by atoms with Crippen molar-refractivity contribution in [2.75, 3.05) is 5.32 Å². The van der Waals surface area contributed by atoms with Crippen LogP contribution in [0, 0.1) is 11.3 Å². The van der Waals surface area contributed by atoms with E-state index in [2.05, 4.69) is 42.4 Å². The van der Waals surface area contributed by atoms with Crippen molar-refractivity contribution in [1.82, 2.24) is 4.98 Å². The van der Waals surface area contributed by atoms with Gasteiger partial charge in [-0.25, -0.2) is 4.98 Å². The Hall–Kier alpha value is -2.90. The van der Waals surface area contributed by atoms with E-state index in [1.807, 2.05) is 47.8 Å². The predicted octanol–water partition coefficient (Wildman–Crippen LogP) is 5.91. The second kappa shape index (κ2) is 7.78. The average molecular weight is 345 g/mol. The van der Waals surface area contributed by atoms with Gasteiger partial charge >= 0.3 is 0 Å². The maximum absolute atomic E-state index is 9.46. The number of nitrogens with one attached hydrogen (secondary N) is 1. The number of hydrogen-bond acceptors (Lipinski definition) is 4. The van der Waals surface area contributed by atoms with Crippen molar-refractivity contribution in [2.45, 2.75) is 19.8 Å². The molecule has 0 bridgehead atoms. The fourth-order valence-corrected chi connectivity index (χ4v) is 3.20. The molecule has 0 saturated heterocycles. The molecule has 1 aromatic heterocycles. The molecule has 4 heteroatoms. The summed E-state index contributed by atoms with van der Waals surface area (Å²) in [7, 11) is 0. The number of nitrogens with zero attached hydrogens (tertiary/aromatic N) is 2. The number of rotatable bonds is 5. The molecule has 2 aromatic carbocycles. The Bertz CT molecular complexity index is 900. The van der Waals surface area contributed by atoms with Crippen molar-refractivity contribution in [2.24, 2.45) is 0 Å². The van der Waals surface area contributed by atoms with Crippen LogP contribution in [0.5, 0.6) is 0 Å². The second-order valence-corrected chi connectivity index (χ2v) is 6.85. The first-order valence-corrected chi connectivity index (χ1v) is 9.03. The lowest BCUT2D eigenvalue weighted by Crippen LogP contribution is -1.92. The zero-order chi connectivity index (χ0) is 17.6. The van der Waals surface area contributed by atoms with E-state index in [1.165, 1.54) is 16.9 Å². The molecular weight excluding hydrogens is 326 g/mol. The van der Waals surface area contributed by atoms with E-state index in [4.69, 9.17) is 0 Å². The number of anilines is 1. The van der Waals surface area contributed by atoms with Gasteiger partial charge in [0.2, 0.25) is 0 Å². The largest absolute Gasteiger partial charge is 0.360 e. The molecule has 25 heavy (non-hydrogen) atoms. The van der Waals surface area contributed by atoms with E-state index in [9.17, 15) is 5.26 Å². The van der Waals surface area contributed by atoms with Crippen LogP contribution in [-0.2, 0) is 0 Å². The third-order valence-electron chi connectivity index (χ3n) is 3.89. The van der Waals surface area contributed by atoms with Crippen LogP contribution >= 0.6 is 11.3 Å². The van der Waals surface area contributed by atoms with Crippen LogP contribution in [0.2, 0.25) is 0 Å². The van der Waals surface area contributed by atoms with Gasteiger partial charge in [0.05, 0.1) is 5.69 Å². The summed E-state index contributed by atoms with van der Waals surface area (Å²) in [6.45, 7) is 4.34. The summed E-state index contributed by atoms with van der Waals surface area (Å²) in [5, 5.41) is 15.3. The SMILES string of the molecule is CC(C)c1ccc(N/C=C(\C#N)c2nc(-c3ccccc3)cs2)cc1. The topological polar surface area (TPSA) is 48.7 Å². The van der Waals surface area contributed by atoms with Gasteiger partial charge in [-0.15, -0.1) is 11.3 Å². The molecule has 0 saturated carbocycles. The second-order valence-electron chi connectivity index (χ2n) is 5.99. The van der Waals surface area contributed by atoms with E-state index < -0.39 is 0 Å². The van der Waals surface area contributed by atoms with Crippen molar-refractivity contribution in [3.63, 3.8) is 0 Å². The molecule has 0 unspecified atom stereocenters. The summed E-state index contributed by atoms with van der Waals surface area (Å²) in [6.07, 6.45) is 1.72.